The number of aryl methyl sites for hydroxylation is 1. The standard InChI is InChI=1S/C14H17N3O3/c1-4-12-13(17-20-16-12)15-14(18)10-5-7-11(8-6-10)19-9(2)3/h5-9H,4H2,1-3H3,(H,15,17,18). The van der Waals surface area contributed by atoms with Crippen LogP contribution >= 0.6 is 0 Å². The number of rotatable bonds is 5. The quantitative estimate of drug-likeness (QED) is 0.907. The average Bonchev–Trinajstić information content (AvgIpc) is 2.86. The summed E-state index contributed by atoms with van der Waals surface area (Å²) in [4.78, 5) is 12.1. The number of hydrogen-bond donors (Lipinski definition) is 1. The van der Waals surface area contributed by atoms with Gasteiger partial charge in [0.1, 0.15) is 11.4 Å². The van der Waals surface area contributed by atoms with E-state index in [0.29, 0.717) is 23.5 Å². The first-order chi connectivity index (χ1) is 9.60. The van der Waals surface area contributed by atoms with Crippen LogP contribution in [0.5, 0.6) is 5.75 Å². The lowest BCUT2D eigenvalue weighted by atomic mass is 10.2. The van der Waals surface area contributed by atoms with Crippen LogP contribution in [0.4, 0.5) is 5.82 Å². The van der Waals surface area contributed by atoms with E-state index in [-0.39, 0.29) is 12.0 Å². The first-order valence-electron chi connectivity index (χ1n) is 6.49. The molecule has 0 saturated carbocycles. The van der Waals surface area contributed by atoms with Gasteiger partial charge in [-0.1, -0.05) is 12.1 Å². The van der Waals surface area contributed by atoms with Crippen molar-refractivity contribution in [3.05, 3.63) is 35.5 Å². The van der Waals surface area contributed by atoms with E-state index in [1.807, 2.05) is 20.8 Å². The number of hydrogen-bond acceptors (Lipinski definition) is 5. The molecule has 2 aromatic rings. The van der Waals surface area contributed by atoms with Gasteiger partial charge in [0.2, 0.25) is 5.82 Å². The Kier molecular flexibility index (Phi) is 4.34. The Morgan fingerprint density at radius 3 is 2.60 bits per heavy atom. The topological polar surface area (TPSA) is 77.3 Å². The fourth-order valence-electron chi connectivity index (χ4n) is 1.67. The molecule has 1 N–H and O–H groups in total. The number of benzene rings is 1. The van der Waals surface area contributed by atoms with Crippen molar-refractivity contribution in [2.75, 3.05) is 5.32 Å². The Hall–Kier alpha value is -2.37. The molecule has 2 rings (SSSR count). The van der Waals surface area contributed by atoms with Gasteiger partial charge < -0.3 is 10.1 Å². The largest absolute Gasteiger partial charge is 0.491 e. The Balaban J connectivity index is 2.06. The molecule has 6 heteroatoms. The molecular formula is C14H17N3O3. The molecule has 0 radical (unpaired) electrons. The molecule has 0 aliphatic carbocycles. The molecule has 20 heavy (non-hydrogen) atoms. The summed E-state index contributed by atoms with van der Waals surface area (Å²) < 4.78 is 10.1. The number of carbonyl (C=O) groups excluding carboxylic acids is 1. The summed E-state index contributed by atoms with van der Waals surface area (Å²) in [6, 6.07) is 6.92. The van der Waals surface area contributed by atoms with Gasteiger partial charge in [0.25, 0.3) is 5.91 Å². The second-order valence-electron chi connectivity index (χ2n) is 4.56. The van der Waals surface area contributed by atoms with E-state index < -0.39 is 0 Å². The normalized spacial score (nSPS) is 10.6. The number of aromatic nitrogens is 2. The highest BCUT2D eigenvalue weighted by atomic mass is 16.6. The smallest absolute Gasteiger partial charge is 0.256 e. The van der Waals surface area contributed by atoms with E-state index >= 15 is 0 Å². The molecule has 0 atom stereocenters. The number of anilines is 1. The van der Waals surface area contributed by atoms with E-state index in [4.69, 9.17) is 4.74 Å². The minimum atomic E-state index is -0.258. The number of nitrogens with zero attached hydrogens (tertiary/aromatic N) is 2. The zero-order valence-electron chi connectivity index (χ0n) is 11.7. The molecule has 6 nitrogen and oxygen atoms in total. The minimum Gasteiger partial charge on any atom is -0.491 e. The van der Waals surface area contributed by atoms with Crippen molar-refractivity contribution in [2.24, 2.45) is 0 Å². The summed E-state index contributed by atoms with van der Waals surface area (Å²) in [5.74, 6) is 0.834. The summed E-state index contributed by atoms with van der Waals surface area (Å²) in [7, 11) is 0. The van der Waals surface area contributed by atoms with Gasteiger partial charge in [-0.15, -0.1) is 0 Å². The van der Waals surface area contributed by atoms with Crippen LogP contribution in [0, 0.1) is 0 Å². The summed E-state index contributed by atoms with van der Waals surface area (Å²) in [6.07, 6.45) is 0.739. The van der Waals surface area contributed by atoms with Gasteiger partial charge >= 0.3 is 0 Å². The van der Waals surface area contributed by atoms with Crippen LogP contribution in [0.2, 0.25) is 0 Å². The molecule has 1 aromatic heterocycles. The summed E-state index contributed by atoms with van der Waals surface area (Å²) in [5.41, 5.74) is 1.14. The van der Waals surface area contributed by atoms with Crippen LogP contribution in [0.25, 0.3) is 0 Å². The summed E-state index contributed by atoms with van der Waals surface area (Å²) in [5, 5.41) is 10.0. The molecule has 0 aliphatic heterocycles. The second kappa shape index (κ2) is 6.18. The fourth-order valence-corrected chi connectivity index (χ4v) is 1.67. The van der Waals surface area contributed by atoms with Gasteiger partial charge in [-0.3, -0.25) is 4.79 Å². The SMILES string of the molecule is CCc1nonc1NC(=O)c1ccc(OC(C)C)cc1. The Labute approximate surface area is 117 Å². The molecule has 0 spiro atoms. The molecular weight excluding hydrogens is 258 g/mol. The van der Waals surface area contributed by atoms with Gasteiger partial charge in [-0.25, -0.2) is 4.63 Å². The van der Waals surface area contributed by atoms with Crippen molar-refractivity contribution < 1.29 is 14.2 Å². The highest BCUT2D eigenvalue weighted by molar-refractivity contribution is 6.04. The fraction of sp³-hybridized carbons (Fsp3) is 0.357. The van der Waals surface area contributed by atoms with Crippen molar-refractivity contribution in [3.8, 4) is 5.75 Å². The predicted molar refractivity (Wildman–Crippen MR) is 73.8 cm³/mol. The third-order valence-electron chi connectivity index (χ3n) is 2.61. The molecule has 0 fully saturated rings. The van der Waals surface area contributed by atoms with Crippen molar-refractivity contribution >= 4 is 11.7 Å². The molecule has 0 saturated heterocycles. The van der Waals surface area contributed by atoms with Gasteiger partial charge in [0.15, 0.2) is 0 Å². The van der Waals surface area contributed by atoms with Gasteiger partial charge in [-0.2, -0.15) is 0 Å². The third kappa shape index (κ3) is 3.34. The first-order valence-corrected chi connectivity index (χ1v) is 6.49. The van der Waals surface area contributed by atoms with Crippen LogP contribution < -0.4 is 10.1 Å². The van der Waals surface area contributed by atoms with Crippen molar-refractivity contribution in [1.82, 2.24) is 10.3 Å². The lowest BCUT2D eigenvalue weighted by molar-refractivity contribution is 0.102. The van der Waals surface area contributed by atoms with E-state index in [1.54, 1.807) is 24.3 Å². The van der Waals surface area contributed by atoms with Crippen LogP contribution in [0.3, 0.4) is 0 Å². The van der Waals surface area contributed by atoms with Crippen molar-refractivity contribution in [3.63, 3.8) is 0 Å². The van der Waals surface area contributed by atoms with Gasteiger partial charge in [0, 0.05) is 5.56 Å². The molecule has 1 aromatic carbocycles. The Morgan fingerprint density at radius 1 is 1.30 bits per heavy atom. The Morgan fingerprint density at radius 2 is 2.00 bits per heavy atom. The maximum atomic E-state index is 12.1. The van der Waals surface area contributed by atoms with Crippen LogP contribution in [-0.4, -0.2) is 22.3 Å². The molecule has 0 bridgehead atoms. The van der Waals surface area contributed by atoms with E-state index in [9.17, 15) is 4.79 Å². The van der Waals surface area contributed by atoms with Crippen LogP contribution in [0.15, 0.2) is 28.9 Å². The van der Waals surface area contributed by atoms with Crippen LogP contribution in [0.1, 0.15) is 36.8 Å². The monoisotopic (exact) mass is 275 g/mol. The molecule has 106 valence electrons. The maximum Gasteiger partial charge on any atom is 0.256 e. The number of amides is 1. The second-order valence-corrected chi connectivity index (χ2v) is 4.56. The van der Waals surface area contributed by atoms with E-state index in [2.05, 4.69) is 20.3 Å². The Bertz CT molecular complexity index is 576. The molecule has 1 amide bonds. The van der Waals surface area contributed by atoms with Gasteiger partial charge in [0.05, 0.1) is 6.10 Å². The average molecular weight is 275 g/mol. The van der Waals surface area contributed by atoms with E-state index in [1.165, 1.54) is 0 Å². The lowest BCUT2D eigenvalue weighted by Crippen LogP contribution is -2.13. The number of ether oxygens (including phenoxy) is 1. The van der Waals surface area contributed by atoms with Crippen molar-refractivity contribution in [1.29, 1.82) is 0 Å². The number of carbonyl (C=O) groups is 1. The predicted octanol–water partition coefficient (Wildman–Crippen LogP) is 2.67. The van der Waals surface area contributed by atoms with Crippen LogP contribution in [-0.2, 0) is 6.42 Å². The summed E-state index contributed by atoms with van der Waals surface area (Å²) >= 11 is 0. The summed E-state index contributed by atoms with van der Waals surface area (Å²) in [6.45, 7) is 5.81. The zero-order valence-corrected chi connectivity index (χ0v) is 11.7. The molecule has 0 unspecified atom stereocenters. The molecule has 0 aliphatic rings. The van der Waals surface area contributed by atoms with Crippen molar-refractivity contribution in [2.45, 2.75) is 33.3 Å². The third-order valence-corrected chi connectivity index (χ3v) is 2.61. The maximum absolute atomic E-state index is 12.1. The number of nitrogens with one attached hydrogen (secondary N) is 1. The van der Waals surface area contributed by atoms with E-state index in [0.717, 1.165) is 5.75 Å². The minimum absolute atomic E-state index is 0.1000. The zero-order chi connectivity index (χ0) is 14.5. The lowest BCUT2D eigenvalue weighted by Gasteiger charge is -2.09. The highest BCUT2D eigenvalue weighted by Crippen LogP contribution is 2.16. The van der Waals surface area contributed by atoms with Gasteiger partial charge in [-0.05, 0) is 49.7 Å². The first kappa shape index (κ1) is 14.0. The highest BCUT2D eigenvalue weighted by Gasteiger charge is 2.13. The molecule has 1 heterocycles.